The minimum atomic E-state index is -0.641. The molecule has 2 saturated heterocycles. The summed E-state index contributed by atoms with van der Waals surface area (Å²) >= 11 is 0. The largest absolute Gasteiger partial charge is 0.453 e. The number of rotatable bonds is 11. The molecule has 2 aromatic carbocycles. The first-order valence-corrected chi connectivity index (χ1v) is 18.5. The van der Waals surface area contributed by atoms with Crippen molar-refractivity contribution < 1.29 is 19.1 Å². The maximum Gasteiger partial charge on any atom is 0.407 e. The Morgan fingerprint density at radius 2 is 1.55 bits per heavy atom. The van der Waals surface area contributed by atoms with Crippen molar-refractivity contribution in [3.8, 4) is 11.3 Å². The molecule has 0 spiro atoms. The number of ether oxygens (including phenoxy) is 1. The van der Waals surface area contributed by atoms with Crippen LogP contribution in [0, 0.1) is 17.8 Å². The highest BCUT2D eigenvalue weighted by atomic mass is 32.1. The molecule has 3 amide bonds. The fraction of sp³-hybridized carbons (Fsp3) is 0.488. The standard InChI is InChI=1S/C41H52N6O4.4H2S/c1-25(2)27(5)39(48)47-21-9-13-36(47)38-42-24-34(44-38)30-17-14-28(15-18-30)10-7-11-29-16-19-31-23-33(43-32(31)22-29)35-12-8-20-46(35)40(49)37(26(3)4)45-41(50)51-6;;;;/h7,11,14-19,22,24-27,35-37H,8-10,12-13,20-21,23H2,1-6H3,(H,42,44)(H,45,50);4*1H2/t27-,35-,36-,37-;;;;/m0..../s1. The van der Waals surface area contributed by atoms with Crippen molar-refractivity contribution in [2.24, 2.45) is 22.7 Å². The molecule has 4 heterocycles. The first kappa shape index (κ1) is 47.8. The van der Waals surface area contributed by atoms with Crippen molar-refractivity contribution in [2.45, 2.75) is 91.3 Å². The van der Waals surface area contributed by atoms with Gasteiger partial charge in [0.15, 0.2) is 0 Å². The third-order valence-electron chi connectivity index (χ3n) is 10.8. The normalized spacial score (nSPS) is 18.4. The van der Waals surface area contributed by atoms with E-state index in [9.17, 15) is 14.4 Å². The van der Waals surface area contributed by atoms with Gasteiger partial charge in [-0.3, -0.25) is 14.6 Å². The van der Waals surface area contributed by atoms with E-state index in [-0.39, 0.29) is 89.7 Å². The second-order valence-electron chi connectivity index (χ2n) is 14.9. The van der Waals surface area contributed by atoms with Crippen molar-refractivity contribution in [1.29, 1.82) is 0 Å². The zero-order valence-corrected chi connectivity index (χ0v) is 36.8. The van der Waals surface area contributed by atoms with Crippen molar-refractivity contribution in [1.82, 2.24) is 25.1 Å². The van der Waals surface area contributed by atoms with E-state index in [1.54, 1.807) is 0 Å². The van der Waals surface area contributed by atoms with Crippen molar-refractivity contribution >= 4 is 89.4 Å². The molecule has 2 N–H and O–H groups in total. The van der Waals surface area contributed by atoms with E-state index in [0.717, 1.165) is 79.1 Å². The Kier molecular flexibility index (Phi) is 18.5. The zero-order valence-electron chi connectivity index (χ0n) is 32.8. The Bertz CT molecular complexity index is 1810. The van der Waals surface area contributed by atoms with Crippen LogP contribution >= 0.6 is 54.0 Å². The number of carbonyl (C=O) groups is 3. The summed E-state index contributed by atoms with van der Waals surface area (Å²) in [6, 6.07) is 14.2. The molecule has 6 rings (SSSR count). The van der Waals surface area contributed by atoms with Crippen molar-refractivity contribution in [2.75, 3.05) is 20.2 Å². The average Bonchev–Trinajstić information content (AvgIpc) is 3.95. The highest BCUT2D eigenvalue weighted by Gasteiger charge is 2.39. The van der Waals surface area contributed by atoms with Crippen LogP contribution in [0.5, 0.6) is 0 Å². The molecular weight excluding hydrogens is 769 g/mol. The fourth-order valence-corrected chi connectivity index (χ4v) is 7.44. The molecule has 55 heavy (non-hydrogen) atoms. The molecule has 10 nitrogen and oxygen atoms in total. The van der Waals surface area contributed by atoms with Crippen LogP contribution < -0.4 is 5.32 Å². The van der Waals surface area contributed by atoms with Gasteiger partial charge < -0.3 is 24.8 Å². The van der Waals surface area contributed by atoms with Crippen LogP contribution in [0.15, 0.2) is 59.7 Å². The lowest BCUT2D eigenvalue weighted by Crippen LogP contribution is -2.53. The maximum absolute atomic E-state index is 13.6. The van der Waals surface area contributed by atoms with Gasteiger partial charge in [-0.1, -0.05) is 83.2 Å². The Balaban J connectivity index is 0.00000261. The molecule has 14 heteroatoms. The summed E-state index contributed by atoms with van der Waals surface area (Å²) in [5, 5.41) is 2.73. The molecule has 0 radical (unpaired) electrons. The van der Waals surface area contributed by atoms with E-state index in [4.69, 9.17) is 14.7 Å². The number of fused-ring (bicyclic) bond motifs is 1. The topological polar surface area (TPSA) is 120 Å². The van der Waals surface area contributed by atoms with E-state index >= 15 is 0 Å². The summed E-state index contributed by atoms with van der Waals surface area (Å²) in [4.78, 5) is 55.7. The molecule has 0 bridgehead atoms. The number of aliphatic imine (C=N–C) groups is 1. The number of carbonyl (C=O) groups excluding carboxylic acids is 3. The van der Waals surface area contributed by atoms with Gasteiger partial charge in [0, 0.05) is 31.1 Å². The minimum Gasteiger partial charge on any atom is -0.453 e. The lowest BCUT2D eigenvalue weighted by Gasteiger charge is -2.30. The summed E-state index contributed by atoms with van der Waals surface area (Å²) < 4.78 is 4.77. The second kappa shape index (κ2) is 21.3. The van der Waals surface area contributed by atoms with Crippen LogP contribution in [-0.2, 0) is 27.2 Å². The summed E-state index contributed by atoms with van der Waals surface area (Å²) in [6.07, 6.45) is 10.8. The molecule has 0 aliphatic carbocycles. The molecule has 3 aromatic rings. The van der Waals surface area contributed by atoms with E-state index in [1.807, 2.05) is 36.8 Å². The van der Waals surface area contributed by atoms with E-state index in [1.165, 1.54) is 18.2 Å². The second-order valence-corrected chi connectivity index (χ2v) is 14.9. The molecule has 0 unspecified atom stereocenters. The number of amides is 3. The lowest BCUT2D eigenvalue weighted by molar-refractivity contribution is -0.137. The Morgan fingerprint density at radius 3 is 2.18 bits per heavy atom. The number of aromatic amines is 1. The minimum absolute atomic E-state index is 0. The first-order chi connectivity index (χ1) is 24.5. The number of nitrogens with zero attached hydrogens (tertiary/aromatic N) is 4. The van der Waals surface area contributed by atoms with Crippen LogP contribution in [0.2, 0.25) is 0 Å². The number of nitrogens with one attached hydrogen (secondary N) is 2. The van der Waals surface area contributed by atoms with Gasteiger partial charge in [-0.25, -0.2) is 9.78 Å². The van der Waals surface area contributed by atoms with Gasteiger partial charge in [0.2, 0.25) is 11.8 Å². The number of likely N-dealkylation sites (tertiary alicyclic amines) is 2. The predicted molar refractivity (Wildman–Crippen MR) is 242 cm³/mol. The van der Waals surface area contributed by atoms with E-state index in [2.05, 4.69) is 78.8 Å². The Labute approximate surface area is 354 Å². The molecule has 302 valence electrons. The average molecular weight is 829 g/mol. The molecule has 3 aliphatic heterocycles. The number of alkyl carbamates (subject to hydrolysis) is 1. The Morgan fingerprint density at radius 1 is 0.891 bits per heavy atom. The van der Waals surface area contributed by atoms with Crippen LogP contribution in [0.1, 0.15) is 88.9 Å². The molecule has 1 aromatic heterocycles. The van der Waals surface area contributed by atoms with Gasteiger partial charge in [0.25, 0.3) is 0 Å². The van der Waals surface area contributed by atoms with Crippen LogP contribution in [0.3, 0.4) is 0 Å². The number of methoxy groups -OCH3 is 1. The molecule has 3 aliphatic rings. The molecular formula is C41H60N6O4S4. The highest BCUT2D eigenvalue weighted by molar-refractivity contribution is 7.59. The molecule has 4 atom stereocenters. The summed E-state index contributed by atoms with van der Waals surface area (Å²) in [6.45, 7) is 11.5. The molecule has 2 fully saturated rings. The van der Waals surface area contributed by atoms with E-state index < -0.39 is 12.1 Å². The van der Waals surface area contributed by atoms with Gasteiger partial charge in [-0.2, -0.15) is 54.0 Å². The number of hydrogen-bond donors (Lipinski definition) is 2. The van der Waals surface area contributed by atoms with Crippen LogP contribution in [0.25, 0.3) is 17.3 Å². The fourth-order valence-electron chi connectivity index (χ4n) is 7.44. The highest BCUT2D eigenvalue weighted by Crippen LogP contribution is 2.35. The van der Waals surface area contributed by atoms with Gasteiger partial charge >= 0.3 is 6.09 Å². The zero-order chi connectivity index (χ0) is 36.2. The van der Waals surface area contributed by atoms with Gasteiger partial charge in [0.1, 0.15) is 11.9 Å². The first-order valence-electron chi connectivity index (χ1n) is 18.5. The maximum atomic E-state index is 13.6. The number of H-pyrrole nitrogens is 1. The van der Waals surface area contributed by atoms with Crippen LogP contribution in [0.4, 0.5) is 10.5 Å². The lowest BCUT2D eigenvalue weighted by atomic mass is 9.96. The summed E-state index contributed by atoms with van der Waals surface area (Å²) in [7, 11) is 1.31. The number of imidazole rings is 1. The SMILES string of the molecule is COC(=O)N[C@H](C(=O)N1CCC[C@H]1C1=Nc2cc(C=CCc3ccc(-c4cnc([C@@H]5CCCN5C(=O)[C@@H](C)C(C)C)[nH]4)cc3)ccc2C1)C(C)C.S.S.S.S. The third-order valence-corrected chi connectivity index (χ3v) is 10.8. The Hall–Kier alpha value is -3.33. The van der Waals surface area contributed by atoms with Crippen LogP contribution in [-0.4, -0.2) is 75.7 Å². The summed E-state index contributed by atoms with van der Waals surface area (Å²) in [5.74, 6) is 1.25. The molecule has 0 saturated carbocycles. The van der Waals surface area contributed by atoms with Crippen molar-refractivity contribution in [3.63, 3.8) is 0 Å². The number of benzene rings is 2. The van der Waals surface area contributed by atoms with Gasteiger partial charge in [-0.15, -0.1) is 0 Å². The quantitative estimate of drug-likeness (QED) is 0.205. The number of aromatic nitrogens is 2. The van der Waals surface area contributed by atoms with Gasteiger partial charge in [-0.05, 0) is 72.3 Å². The smallest absolute Gasteiger partial charge is 0.407 e. The predicted octanol–water partition coefficient (Wildman–Crippen LogP) is 7.74. The van der Waals surface area contributed by atoms with E-state index in [0.29, 0.717) is 12.5 Å². The van der Waals surface area contributed by atoms with Crippen molar-refractivity contribution in [3.05, 3.63) is 77.3 Å². The third kappa shape index (κ3) is 11.0. The number of allylic oxidation sites excluding steroid dienone is 1. The van der Waals surface area contributed by atoms with Gasteiger partial charge in [0.05, 0.1) is 36.8 Å². The monoisotopic (exact) mass is 828 g/mol. The summed E-state index contributed by atoms with van der Waals surface area (Å²) in [5.41, 5.74) is 7.47. The number of hydrogen-bond acceptors (Lipinski definition) is 6.